The Morgan fingerprint density at radius 1 is 1.05 bits per heavy atom. The van der Waals surface area contributed by atoms with Gasteiger partial charge >= 0.3 is 0 Å². The van der Waals surface area contributed by atoms with Gasteiger partial charge in [0.25, 0.3) is 0 Å². The molecule has 0 atom stereocenters. The molecule has 0 aliphatic heterocycles. The average Bonchev–Trinajstić information content (AvgIpc) is 2.49. The van der Waals surface area contributed by atoms with Gasteiger partial charge in [-0.25, -0.2) is 0 Å². The lowest BCUT2D eigenvalue weighted by atomic mass is 10.2. The van der Waals surface area contributed by atoms with Crippen LogP contribution in [0.4, 0.5) is 0 Å². The quantitative estimate of drug-likeness (QED) is 0.614. The fourth-order valence-corrected chi connectivity index (χ4v) is 2.40. The third kappa shape index (κ3) is 6.65. The van der Waals surface area contributed by atoms with Crippen molar-refractivity contribution in [2.45, 2.75) is 13.0 Å². The Labute approximate surface area is 135 Å². The van der Waals surface area contributed by atoms with Gasteiger partial charge in [-0.15, -0.1) is 0 Å². The monoisotopic (exact) mass is 361 g/mol. The number of methoxy groups -OCH3 is 3. The van der Waals surface area contributed by atoms with Gasteiger partial charge in [0.2, 0.25) is 0 Å². The molecule has 1 aromatic rings. The normalized spacial score (nSPS) is 10.7. The highest BCUT2D eigenvalue weighted by atomic mass is 79.9. The third-order valence-electron chi connectivity index (χ3n) is 2.84. The van der Waals surface area contributed by atoms with Crippen LogP contribution in [0.15, 0.2) is 16.6 Å². The molecule has 1 N–H and O–H groups in total. The number of halogens is 1. The molecule has 0 bridgehead atoms. The Hall–Kier alpha value is -0.820. The lowest BCUT2D eigenvalue weighted by Gasteiger charge is -2.14. The van der Waals surface area contributed by atoms with Gasteiger partial charge in [-0.1, -0.05) is 0 Å². The van der Waals surface area contributed by atoms with Gasteiger partial charge in [-0.05, 0) is 33.6 Å². The Morgan fingerprint density at radius 3 is 2.48 bits per heavy atom. The second-order valence-corrected chi connectivity index (χ2v) is 5.33. The predicted octanol–water partition coefficient (Wildman–Crippen LogP) is 2.61. The SMILES string of the molecule is COCCCOc1c(Br)cc(CNCCOC)cc1OC. The summed E-state index contributed by atoms with van der Waals surface area (Å²) in [5.74, 6) is 1.46. The van der Waals surface area contributed by atoms with E-state index in [2.05, 4.69) is 21.2 Å². The standard InChI is InChI=1S/C15H24BrNO4/c1-18-6-4-7-21-15-13(16)9-12(10-14(15)20-3)11-17-5-8-19-2/h9-10,17H,4-8,11H2,1-3H3. The van der Waals surface area contributed by atoms with Crippen molar-refractivity contribution >= 4 is 15.9 Å². The van der Waals surface area contributed by atoms with E-state index in [1.807, 2.05) is 12.1 Å². The summed E-state index contributed by atoms with van der Waals surface area (Å²) in [6, 6.07) is 4.02. The third-order valence-corrected chi connectivity index (χ3v) is 3.43. The number of rotatable bonds is 11. The minimum Gasteiger partial charge on any atom is -0.493 e. The molecule has 0 radical (unpaired) electrons. The van der Waals surface area contributed by atoms with Crippen LogP contribution in [-0.4, -0.2) is 47.7 Å². The Morgan fingerprint density at radius 2 is 1.81 bits per heavy atom. The van der Waals surface area contributed by atoms with E-state index in [9.17, 15) is 0 Å². The van der Waals surface area contributed by atoms with Gasteiger partial charge in [-0.3, -0.25) is 0 Å². The Balaban J connectivity index is 2.63. The zero-order valence-electron chi connectivity index (χ0n) is 12.9. The van der Waals surface area contributed by atoms with E-state index < -0.39 is 0 Å². The molecule has 120 valence electrons. The molecular weight excluding hydrogens is 338 g/mol. The molecule has 0 heterocycles. The zero-order chi connectivity index (χ0) is 15.5. The van der Waals surface area contributed by atoms with Crippen LogP contribution in [0.1, 0.15) is 12.0 Å². The van der Waals surface area contributed by atoms with Crippen LogP contribution in [0.2, 0.25) is 0 Å². The molecule has 0 saturated carbocycles. The first-order chi connectivity index (χ1) is 10.2. The van der Waals surface area contributed by atoms with Gasteiger partial charge < -0.3 is 24.3 Å². The number of hydrogen-bond donors (Lipinski definition) is 1. The molecule has 6 heteroatoms. The summed E-state index contributed by atoms with van der Waals surface area (Å²) in [6.45, 7) is 3.53. The summed E-state index contributed by atoms with van der Waals surface area (Å²) in [5.41, 5.74) is 1.12. The minimum absolute atomic E-state index is 0.592. The highest BCUT2D eigenvalue weighted by molar-refractivity contribution is 9.10. The van der Waals surface area contributed by atoms with Gasteiger partial charge in [0.05, 0.1) is 24.8 Å². The molecule has 0 spiro atoms. The van der Waals surface area contributed by atoms with E-state index in [1.165, 1.54) is 0 Å². The van der Waals surface area contributed by atoms with Gasteiger partial charge in [0.1, 0.15) is 0 Å². The van der Waals surface area contributed by atoms with Crippen LogP contribution >= 0.6 is 15.9 Å². The molecule has 0 fully saturated rings. The highest BCUT2D eigenvalue weighted by Crippen LogP contribution is 2.36. The molecule has 1 aromatic carbocycles. The lowest BCUT2D eigenvalue weighted by molar-refractivity contribution is 0.170. The fourth-order valence-electron chi connectivity index (χ4n) is 1.80. The first-order valence-electron chi connectivity index (χ1n) is 6.90. The molecule has 5 nitrogen and oxygen atoms in total. The van der Waals surface area contributed by atoms with E-state index in [0.717, 1.165) is 41.0 Å². The van der Waals surface area contributed by atoms with E-state index in [-0.39, 0.29) is 0 Å². The predicted molar refractivity (Wildman–Crippen MR) is 86.3 cm³/mol. The van der Waals surface area contributed by atoms with Crippen LogP contribution in [0, 0.1) is 0 Å². The van der Waals surface area contributed by atoms with Crippen LogP contribution in [0.25, 0.3) is 0 Å². The summed E-state index contributed by atoms with van der Waals surface area (Å²) in [4.78, 5) is 0. The molecule has 0 amide bonds. The molecule has 21 heavy (non-hydrogen) atoms. The lowest BCUT2D eigenvalue weighted by Crippen LogP contribution is -2.18. The number of benzene rings is 1. The van der Waals surface area contributed by atoms with Crippen LogP contribution < -0.4 is 14.8 Å². The van der Waals surface area contributed by atoms with E-state index in [1.54, 1.807) is 21.3 Å². The van der Waals surface area contributed by atoms with E-state index in [0.29, 0.717) is 19.8 Å². The molecule has 0 aliphatic carbocycles. The molecule has 0 saturated heterocycles. The van der Waals surface area contributed by atoms with E-state index >= 15 is 0 Å². The Kier molecular flexibility index (Phi) is 9.41. The van der Waals surface area contributed by atoms with Crippen LogP contribution in [0.3, 0.4) is 0 Å². The number of ether oxygens (including phenoxy) is 4. The highest BCUT2D eigenvalue weighted by Gasteiger charge is 2.11. The molecular formula is C15H24BrNO4. The number of nitrogens with one attached hydrogen (secondary N) is 1. The number of hydrogen-bond acceptors (Lipinski definition) is 5. The summed E-state index contributed by atoms with van der Waals surface area (Å²) in [5, 5.41) is 3.30. The minimum atomic E-state index is 0.592. The summed E-state index contributed by atoms with van der Waals surface area (Å²) in [7, 11) is 5.02. The van der Waals surface area contributed by atoms with Crippen molar-refractivity contribution in [1.82, 2.24) is 5.32 Å². The van der Waals surface area contributed by atoms with Gasteiger partial charge in [-0.2, -0.15) is 0 Å². The van der Waals surface area contributed by atoms with Crippen molar-refractivity contribution in [3.8, 4) is 11.5 Å². The maximum atomic E-state index is 5.77. The van der Waals surface area contributed by atoms with Gasteiger partial charge in [0, 0.05) is 40.3 Å². The fraction of sp³-hybridized carbons (Fsp3) is 0.600. The summed E-state index contributed by atoms with van der Waals surface area (Å²) >= 11 is 3.54. The average molecular weight is 362 g/mol. The largest absolute Gasteiger partial charge is 0.493 e. The van der Waals surface area contributed by atoms with E-state index in [4.69, 9.17) is 18.9 Å². The van der Waals surface area contributed by atoms with Crippen LogP contribution in [-0.2, 0) is 16.0 Å². The van der Waals surface area contributed by atoms with Crippen LogP contribution in [0.5, 0.6) is 11.5 Å². The second-order valence-electron chi connectivity index (χ2n) is 4.47. The van der Waals surface area contributed by atoms with Crippen molar-refractivity contribution < 1.29 is 18.9 Å². The summed E-state index contributed by atoms with van der Waals surface area (Å²) < 4.78 is 22.1. The van der Waals surface area contributed by atoms with Crippen molar-refractivity contribution in [3.63, 3.8) is 0 Å². The maximum Gasteiger partial charge on any atom is 0.175 e. The van der Waals surface area contributed by atoms with Crippen molar-refractivity contribution in [1.29, 1.82) is 0 Å². The molecule has 0 unspecified atom stereocenters. The smallest absolute Gasteiger partial charge is 0.175 e. The molecule has 0 aliphatic rings. The first-order valence-corrected chi connectivity index (χ1v) is 7.70. The van der Waals surface area contributed by atoms with Crippen molar-refractivity contribution in [3.05, 3.63) is 22.2 Å². The van der Waals surface area contributed by atoms with Gasteiger partial charge in [0.15, 0.2) is 11.5 Å². The topological polar surface area (TPSA) is 49.0 Å². The van der Waals surface area contributed by atoms with Crippen molar-refractivity contribution in [2.24, 2.45) is 0 Å². The zero-order valence-corrected chi connectivity index (χ0v) is 14.5. The first kappa shape index (κ1) is 18.2. The Bertz CT molecular complexity index is 415. The molecule has 1 rings (SSSR count). The van der Waals surface area contributed by atoms with Crippen molar-refractivity contribution in [2.75, 3.05) is 47.7 Å². The second kappa shape index (κ2) is 10.8. The summed E-state index contributed by atoms with van der Waals surface area (Å²) in [6.07, 6.45) is 0.840. The molecule has 0 aromatic heterocycles. The maximum absolute atomic E-state index is 5.77.